The van der Waals surface area contributed by atoms with E-state index < -0.39 is 6.39 Å². The Morgan fingerprint density at radius 1 is 0.264 bits per heavy atom. The van der Waals surface area contributed by atoms with Gasteiger partial charge >= 0.3 is 0 Å². The van der Waals surface area contributed by atoms with Gasteiger partial charge in [0.25, 0.3) is 0 Å². The molecule has 5 heteroatoms. The largest absolute Gasteiger partial charge is 0.0620 e. The summed E-state index contributed by atoms with van der Waals surface area (Å²) >= 11 is 0. The molecule has 0 bridgehead atoms. The summed E-state index contributed by atoms with van der Waals surface area (Å²) in [5.41, 5.74) is 14.7. The summed E-state index contributed by atoms with van der Waals surface area (Å²) in [4.78, 5) is 0. The molecule has 0 nitrogen and oxygen atoms in total. The number of hydrogen-bond donors (Lipinski definition) is 0. The summed E-state index contributed by atoms with van der Waals surface area (Å²) in [6.45, 7) is 6.82. The maximum absolute atomic E-state index is 4.89. The SMILES string of the molecule is Cc1ccccc1-c1c2cc3c4cccc5c(-c6c(C)cccc6C)ccc(c54)c3c3c4ccccc4c(c4c5ccc6c7ccc8c9c(ccc(c%10ccc(c14)c5c%106)c97)-c1ccccc1-8)c23.[B][B]B([B])[B]. The van der Waals surface area contributed by atoms with E-state index in [1.807, 2.05) is 0 Å². The zero-order valence-electron chi connectivity index (χ0n) is 40.1. The van der Waals surface area contributed by atoms with Crippen LogP contribution < -0.4 is 0 Å². The molecule has 321 valence electrons. The molecule has 0 aromatic heterocycles. The van der Waals surface area contributed by atoms with Crippen LogP contribution in [0.1, 0.15) is 16.7 Å². The summed E-state index contributed by atoms with van der Waals surface area (Å²) in [5.74, 6) is 0. The maximum atomic E-state index is 4.89. The first-order valence-electron chi connectivity index (χ1n) is 25.2. The molecule has 1 aliphatic rings. The van der Waals surface area contributed by atoms with Gasteiger partial charge in [0.2, 0.25) is 0 Å². The minimum atomic E-state index is -0.463. The molecule has 0 unspecified atom stereocenters. The number of aryl methyl sites for hydroxylation is 3. The lowest BCUT2D eigenvalue weighted by Gasteiger charge is -2.16. The molecule has 0 heterocycles. The van der Waals surface area contributed by atoms with E-state index in [0.717, 1.165) is 0 Å². The van der Waals surface area contributed by atoms with Gasteiger partial charge in [0.05, 0.1) is 0 Å². The highest BCUT2D eigenvalue weighted by Gasteiger charge is 2.31. The molecule has 16 aromatic rings. The van der Waals surface area contributed by atoms with Crippen LogP contribution in [0.15, 0.2) is 176 Å². The molecule has 1 aliphatic carbocycles. The number of fused-ring (bicyclic) bond motifs is 16. The zero-order valence-corrected chi connectivity index (χ0v) is 40.1. The van der Waals surface area contributed by atoms with Crippen molar-refractivity contribution in [2.24, 2.45) is 0 Å². The van der Waals surface area contributed by atoms with Crippen molar-refractivity contribution in [3.8, 4) is 44.5 Å². The van der Waals surface area contributed by atoms with Crippen LogP contribution in [0.2, 0.25) is 0 Å². The maximum Gasteiger partial charge on any atom is 0 e. The van der Waals surface area contributed by atoms with Crippen LogP contribution in [-0.2, 0) is 0 Å². The van der Waals surface area contributed by atoms with Crippen molar-refractivity contribution in [2.75, 3.05) is 0 Å². The molecule has 16 aromatic carbocycles. The Balaban J connectivity index is 0.000000853. The highest BCUT2D eigenvalue weighted by molar-refractivity contribution is 7.60. The lowest BCUT2D eigenvalue weighted by atomic mass is 8.97. The zero-order chi connectivity index (χ0) is 48.0. The van der Waals surface area contributed by atoms with E-state index in [2.05, 4.69) is 197 Å². The van der Waals surface area contributed by atoms with Crippen LogP contribution in [0.25, 0.3) is 174 Å². The first-order chi connectivity index (χ1) is 35.3. The number of hydrogen-bond acceptors (Lipinski definition) is 0. The highest BCUT2D eigenvalue weighted by atomic mass is 14.3. The first-order valence-corrected chi connectivity index (χ1v) is 25.2. The molecule has 7 radical (unpaired) electrons. The van der Waals surface area contributed by atoms with Crippen LogP contribution in [0.3, 0.4) is 0 Å². The van der Waals surface area contributed by atoms with Gasteiger partial charge in [0.1, 0.15) is 0 Å². The van der Waals surface area contributed by atoms with Crippen molar-refractivity contribution >= 4 is 166 Å². The minimum Gasteiger partial charge on any atom is -0.0620 e. The third-order valence-electron chi connectivity index (χ3n) is 17.0. The molecular weight excluding hydrogens is 859 g/mol. The molecular formula is C67H38B5. The van der Waals surface area contributed by atoms with E-state index in [0.29, 0.717) is 0 Å². The van der Waals surface area contributed by atoms with Gasteiger partial charge in [-0.3, -0.25) is 0 Å². The lowest BCUT2D eigenvalue weighted by molar-refractivity contribution is 1.39. The van der Waals surface area contributed by atoms with E-state index in [-0.39, 0.29) is 0 Å². The Morgan fingerprint density at radius 2 is 0.639 bits per heavy atom. The monoisotopic (exact) mass is 897 g/mol. The average molecular weight is 897 g/mol. The highest BCUT2D eigenvalue weighted by Crippen LogP contribution is 2.59. The quantitative estimate of drug-likeness (QED) is 0.0942. The van der Waals surface area contributed by atoms with Gasteiger partial charge in [0.15, 0.2) is 0 Å². The Hall–Kier alpha value is -8.00. The summed E-state index contributed by atoms with van der Waals surface area (Å²) in [6.07, 6.45) is -0.463. The van der Waals surface area contributed by atoms with Gasteiger partial charge in [-0.1, -0.05) is 170 Å². The Morgan fingerprint density at radius 3 is 1.28 bits per heavy atom. The normalized spacial score (nSPS) is 12.5. The topological polar surface area (TPSA) is 0 Å². The second kappa shape index (κ2) is 14.3. The summed E-state index contributed by atoms with van der Waals surface area (Å²) in [7, 11) is 15.8. The fourth-order valence-electron chi connectivity index (χ4n) is 14.3. The molecule has 0 fully saturated rings. The van der Waals surface area contributed by atoms with Crippen LogP contribution in [0.5, 0.6) is 0 Å². The van der Waals surface area contributed by atoms with Gasteiger partial charge < -0.3 is 0 Å². The predicted octanol–water partition coefficient (Wildman–Crippen LogP) is 17.3. The lowest BCUT2D eigenvalue weighted by Crippen LogP contribution is -2.23. The van der Waals surface area contributed by atoms with Crippen molar-refractivity contribution in [3.63, 3.8) is 0 Å². The van der Waals surface area contributed by atoms with Gasteiger partial charge in [-0.25, -0.2) is 0 Å². The van der Waals surface area contributed by atoms with Crippen molar-refractivity contribution < 1.29 is 0 Å². The summed E-state index contributed by atoms with van der Waals surface area (Å²) in [5, 5.41) is 32.7. The van der Waals surface area contributed by atoms with E-state index >= 15 is 0 Å². The van der Waals surface area contributed by atoms with Crippen molar-refractivity contribution in [2.45, 2.75) is 20.8 Å². The van der Waals surface area contributed by atoms with Gasteiger partial charge in [0, 0.05) is 36.7 Å². The van der Waals surface area contributed by atoms with Crippen molar-refractivity contribution in [1.82, 2.24) is 0 Å². The minimum absolute atomic E-state index is 0.463. The molecule has 0 saturated heterocycles. The number of rotatable bonds is 3. The van der Waals surface area contributed by atoms with Crippen molar-refractivity contribution in [3.05, 3.63) is 193 Å². The third-order valence-corrected chi connectivity index (χ3v) is 17.0. The van der Waals surface area contributed by atoms with Crippen LogP contribution in [-0.4, -0.2) is 36.7 Å². The van der Waals surface area contributed by atoms with Crippen molar-refractivity contribution in [1.29, 1.82) is 0 Å². The van der Waals surface area contributed by atoms with Gasteiger partial charge in [-0.2, -0.15) is 0 Å². The average Bonchev–Trinajstić information content (AvgIpc) is 4.15. The van der Waals surface area contributed by atoms with E-state index in [1.54, 1.807) is 0 Å². The second-order valence-corrected chi connectivity index (χ2v) is 20.6. The fraction of sp³-hybridized carbons (Fsp3) is 0.0448. The summed E-state index contributed by atoms with van der Waals surface area (Å²) in [6, 6.07) is 68.1. The summed E-state index contributed by atoms with van der Waals surface area (Å²) < 4.78 is 0. The van der Waals surface area contributed by atoms with E-state index in [4.69, 9.17) is 23.2 Å². The fourth-order valence-corrected chi connectivity index (χ4v) is 14.3. The Kier molecular flexibility index (Phi) is 8.10. The Bertz CT molecular complexity index is 4930. The van der Waals surface area contributed by atoms with Crippen LogP contribution in [0.4, 0.5) is 0 Å². The van der Waals surface area contributed by atoms with E-state index in [1.165, 1.54) is 198 Å². The molecule has 72 heavy (non-hydrogen) atoms. The third kappa shape index (κ3) is 4.95. The Labute approximate surface area is 421 Å². The van der Waals surface area contributed by atoms with Crippen LogP contribution >= 0.6 is 0 Å². The smallest absolute Gasteiger partial charge is 0 e. The predicted molar refractivity (Wildman–Crippen MR) is 320 cm³/mol. The molecule has 0 aliphatic heterocycles. The molecule has 0 N–H and O–H groups in total. The van der Waals surface area contributed by atoms with Gasteiger partial charge in [-0.05, 0) is 217 Å². The van der Waals surface area contributed by atoms with Gasteiger partial charge in [-0.15, -0.1) is 0 Å². The molecule has 17 rings (SSSR count). The standard InChI is InChI=1S/C67H38.B5/c1-33-12-4-5-15-36(33)57-54-32-53-42-21-11-20-39-45(55-34(2)13-10-14-35(55)3)26-29-50(56(39)42)62(53)63-40-18-8-9-19-41(40)64(67(54)63)66-52-31-28-49-47-25-23-44-38-17-7-6-16-37(38)43-22-24-46(59(47)58(43)44)48-27-30-51(65(57)66)61(52)60(48)49;1-4-5(2)3/h4-32H,1-3H3;. The molecule has 0 saturated carbocycles. The van der Waals surface area contributed by atoms with Crippen LogP contribution in [0, 0.1) is 20.8 Å². The first kappa shape index (κ1) is 40.7. The molecule has 0 spiro atoms. The second-order valence-electron chi connectivity index (χ2n) is 20.6. The molecule has 0 atom stereocenters. The number of benzene rings is 13. The molecule has 0 amide bonds. The van der Waals surface area contributed by atoms with E-state index in [9.17, 15) is 0 Å².